The van der Waals surface area contributed by atoms with Crippen LogP contribution in [0.2, 0.25) is 0 Å². The normalized spacial score (nSPS) is 11.4. The van der Waals surface area contributed by atoms with Crippen molar-refractivity contribution >= 4 is 33.0 Å². The molecule has 0 aliphatic heterocycles. The van der Waals surface area contributed by atoms with Crippen molar-refractivity contribution in [2.75, 3.05) is 11.1 Å². The van der Waals surface area contributed by atoms with Crippen molar-refractivity contribution in [3.8, 4) is 0 Å². The SMILES string of the molecule is Cc1cccc(N)c1Nc1cc(C(F)(F)F)ccc1Br. The predicted octanol–water partition coefficient (Wildman–Crippen LogP) is 5.10. The number of anilines is 3. The minimum Gasteiger partial charge on any atom is -0.397 e. The minimum atomic E-state index is -4.38. The van der Waals surface area contributed by atoms with Gasteiger partial charge in [0, 0.05) is 4.47 Å². The number of rotatable bonds is 2. The fourth-order valence-electron chi connectivity index (χ4n) is 1.79. The molecule has 0 fully saturated rings. The predicted molar refractivity (Wildman–Crippen MR) is 78.0 cm³/mol. The van der Waals surface area contributed by atoms with E-state index in [2.05, 4.69) is 21.2 Å². The lowest BCUT2D eigenvalue weighted by atomic mass is 10.1. The number of benzene rings is 2. The third-order valence-corrected chi connectivity index (χ3v) is 3.55. The van der Waals surface area contributed by atoms with Crippen LogP contribution in [-0.4, -0.2) is 0 Å². The van der Waals surface area contributed by atoms with E-state index in [1.807, 2.05) is 13.0 Å². The van der Waals surface area contributed by atoms with Crippen molar-refractivity contribution < 1.29 is 13.2 Å². The number of aryl methyl sites for hydroxylation is 1. The minimum absolute atomic E-state index is 0.320. The van der Waals surface area contributed by atoms with Crippen LogP contribution in [-0.2, 0) is 6.18 Å². The zero-order chi connectivity index (χ0) is 14.9. The molecule has 2 rings (SSSR count). The largest absolute Gasteiger partial charge is 0.416 e. The van der Waals surface area contributed by atoms with E-state index in [9.17, 15) is 13.2 Å². The van der Waals surface area contributed by atoms with Crippen LogP contribution in [0.4, 0.5) is 30.2 Å². The van der Waals surface area contributed by atoms with Crippen LogP contribution < -0.4 is 11.1 Å². The van der Waals surface area contributed by atoms with Crippen LogP contribution >= 0.6 is 15.9 Å². The van der Waals surface area contributed by atoms with Crippen LogP contribution in [0.1, 0.15) is 11.1 Å². The maximum atomic E-state index is 12.7. The van der Waals surface area contributed by atoms with E-state index in [4.69, 9.17) is 5.73 Å². The average molecular weight is 345 g/mol. The summed E-state index contributed by atoms with van der Waals surface area (Å²) in [6, 6.07) is 8.75. The highest BCUT2D eigenvalue weighted by Gasteiger charge is 2.31. The van der Waals surface area contributed by atoms with Crippen molar-refractivity contribution in [1.29, 1.82) is 0 Å². The van der Waals surface area contributed by atoms with Gasteiger partial charge >= 0.3 is 6.18 Å². The summed E-state index contributed by atoms with van der Waals surface area (Å²) in [7, 11) is 0. The number of nitrogens with two attached hydrogens (primary N) is 1. The Morgan fingerprint density at radius 3 is 2.45 bits per heavy atom. The Bertz CT molecular complexity index is 619. The molecule has 0 spiro atoms. The number of nitrogens with one attached hydrogen (secondary N) is 1. The molecule has 0 bridgehead atoms. The number of hydrogen-bond acceptors (Lipinski definition) is 2. The molecule has 0 unspecified atom stereocenters. The number of halogens is 4. The van der Waals surface area contributed by atoms with E-state index in [1.54, 1.807) is 12.1 Å². The summed E-state index contributed by atoms with van der Waals surface area (Å²) in [5, 5.41) is 2.95. The van der Waals surface area contributed by atoms with Crippen molar-refractivity contribution in [2.24, 2.45) is 0 Å². The standard InChI is InChI=1S/C14H12BrF3N2/c1-8-3-2-4-11(19)13(8)20-12-7-9(14(16,17)18)5-6-10(12)15/h2-7,20H,19H2,1H3. The Morgan fingerprint density at radius 1 is 1.15 bits per heavy atom. The molecule has 0 radical (unpaired) electrons. The van der Waals surface area contributed by atoms with Gasteiger partial charge in [-0.3, -0.25) is 0 Å². The Hall–Kier alpha value is -1.69. The third kappa shape index (κ3) is 3.07. The van der Waals surface area contributed by atoms with E-state index in [1.165, 1.54) is 6.07 Å². The summed E-state index contributed by atoms with van der Waals surface area (Å²) in [5.41, 5.74) is 7.39. The van der Waals surface area contributed by atoms with Gasteiger partial charge in [-0.1, -0.05) is 12.1 Å². The van der Waals surface area contributed by atoms with Gasteiger partial charge in [0.05, 0.1) is 22.6 Å². The zero-order valence-corrected chi connectivity index (χ0v) is 12.1. The Morgan fingerprint density at radius 2 is 1.85 bits per heavy atom. The van der Waals surface area contributed by atoms with E-state index in [0.29, 0.717) is 21.5 Å². The van der Waals surface area contributed by atoms with Gasteiger partial charge in [0.1, 0.15) is 0 Å². The fraction of sp³-hybridized carbons (Fsp3) is 0.143. The maximum Gasteiger partial charge on any atom is 0.416 e. The molecule has 2 aromatic carbocycles. The quantitative estimate of drug-likeness (QED) is 0.743. The average Bonchev–Trinajstić information content (AvgIpc) is 2.34. The Balaban J connectivity index is 2.43. The molecule has 0 atom stereocenters. The van der Waals surface area contributed by atoms with E-state index in [-0.39, 0.29) is 0 Å². The lowest BCUT2D eigenvalue weighted by Gasteiger charge is -2.15. The van der Waals surface area contributed by atoms with Crippen molar-refractivity contribution in [3.63, 3.8) is 0 Å². The lowest BCUT2D eigenvalue weighted by Crippen LogP contribution is -2.06. The second kappa shape index (κ2) is 5.36. The molecule has 0 aliphatic rings. The number of nitrogen functional groups attached to an aromatic ring is 1. The molecule has 6 heteroatoms. The van der Waals surface area contributed by atoms with Gasteiger partial charge in [-0.15, -0.1) is 0 Å². The summed E-state index contributed by atoms with van der Waals surface area (Å²) in [4.78, 5) is 0. The molecule has 2 nitrogen and oxygen atoms in total. The van der Waals surface area contributed by atoms with Crippen molar-refractivity contribution in [3.05, 3.63) is 52.0 Å². The Kier molecular flexibility index (Phi) is 3.94. The number of para-hydroxylation sites is 1. The van der Waals surface area contributed by atoms with Crippen LogP contribution in [0.5, 0.6) is 0 Å². The smallest absolute Gasteiger partial charge is 0.397 e. The second-order valence-electron chi connectivity index (χ2n) is 4.36. The zero-order valence-electron chi connectivity index (χ0n) is 10.6. The summed E-state index contributed by atoms with van der Waals surface area (Å²) >= 11 is 3.23. The Labute approximate surface area is 122 Å². The molecule has 0 aromatic heterocycles. The molecule has 0 heterocycles. The molecule has 0 amide bonds. The highest BCUT2D eigenvalue weighted by Crippen LogP contribution is 2.36. The summed E-state index contributed by atoms with van der Waals surface area (Å²) in [5.74, 6) is 0. The molecule has 2 aromatic rings. The molecule has 0 saturated heterocycles. The first-order chi connectivity index (χ1) is 9.29. The van der Waals surface area contributed by atoms with Gasteiger partial charge in [-0.2, -0.15) is 13.2 Å². The second-order valence-corrected chi connectivity index (χ2v) is 5.21. The molecule has 0 aliphatic carbocycles. The first-order valence-electron chi connectivity index (χ1n) is 5.78. The van der Waals surface area contributed by atoms with Crippen LogP contribution in [0.25, 0.3) is 0 Å². The molecule has 106 valence electrons. The molecule has 20 heavy (non-hydrogen) atoms. The molecule has 0 saturated carbocycles. The van der Waals surface area contributed by atoms with Crippen LogP contribution in [0, 0.1) is 6.92 Å². The fourth-order valence-corrected chi connectivity index (χ4v) is 2.14. The van der Waals surface area contributed by atoms with Gasteiger partial charge < -0.3 is 11.1 Å². The van der Waals surface area contributed by atoms with Gasteiger partial charge in [0.15, 0.2) is 0 Å². The van der Waals surface area contributed by atoms with Crippen molar-refractivity contribution in [2.45, 2.75) is 13.1 Å². The highest BCUT2D eigenvalue weighted by atomic mass is 79.9. The number of hydrogen-bond donors (Lipinski definition) is 2. The van der Waals surface area contributed by atoms with E-state index in [0.717, 1.165) is 17.7 Å². The van der Waals surface area contributed by atoms with E-state index >= 15 is 0 Å². The van der Waals surface area contributed by atoms with Crippen molar-refractivity contribution in [1.82, 2.24) is 0 Å². The van der Waals surface area contributed by atoms with Crippen LogP contribution in [0.15, 0.2) is 40.9 Å². The molecular weight excluding hydrogens is 333 g/mol. The molecule has 3 N–H and O–H groups in total. The van der Waals surface area contributed by atoms with Crippen LogP contribution in [0.3, 0.4) is 0 Å². The summed E-state index contributed by atoms with van der Waals surface area (Å²) < 4.78 is 38.7. The van der Waals surface area contributed by atoms with Gasteiger partial charge in [0.2, 0.25) is 0 Å². The third-order valence-electron chi connectivity index (χ3n) is 2.86. The monoisotopic (exact) mass is 344 g/mol. The van der Waals surface area contributed by atoms with E-state index < -0.39 is 11.7 Å². The topological polar surface area (TPSA) is 38.0 Å². The lowest BCUT2D eigenvalue weighted by molar-refractivity contribution is -0.137. The van der Waals surface area contributed by atoms with Gasteiger partial charge in [-0.25, -0.2) is 0 Å². The maximum absolute atomic E-state index is 12.7. The first kappa shape index (κ1) is 14.7. The first-order valence-corrected chi connectivity index (χ1v) is 6.57. The molecular formula is C14H12BrF3N2. The highest BCUT2D eigenvalue weighted by molar-refractivity contribution is 9.10. The summed E-state index contributed by atoms with van der Waals surface area (Å²) in [6.07, 6.45) is -4.38. The summed E-state index contributed by atoms with van der Waals surface area (Å²) in [6.45, 7) is 1.83. The van der Waals surface area contributed by atoms with Gasteiger partial charge in [-0.05, 0) is 52.7 Å². The van der Waals surface area contributed by atoms with Gasteiger partial charge in [0.25, 0.3) is 0 Å². The number of alkyl halides is 3.